The minimum absolute atomic E-state index is 0. The van der Waals surface area contributed by atoms with Crippen molar-refractivity contribution in [1.29, 1.82) is 0 Å². The minimum Gasteiger partial charge on any atom is -0.497 e. The number of ether oxygens (including phenoxy) is 1. The van der Waals surface area contributed by atoms with Gasteiger partial charge in [0.05, 0.1) is 7.11 Å². The van der Waals surface area contributed by atoms with Gasteiger partial charge < -0.3 is 19.1 Å². The van der Waals surface area contributed by atoms with Crippen LogP contribution in [0.1, 0.15) is 0 Å². The second-order valence-corrected chi connectivity index (χ2v) is 2.57. The van der Waals surface area contributed by atoms with Crippen molar-refractivity contribution < 1.29 is 36.5 Å². The number of methoxy groups -OCH3 is 1. The SMILES string of the molecule is C=O.C=O.C=O.COc1ccc(Br)cc1.[Cr]. The zero-order valence-corrected chi connectivity index (χ0v) is 11.7. The maximum Gasteiger partial charge on any atom is 0.118 e. The number of halogens is 1. The third kappa shape index (κ3) is 15.5. The summed E-state index contributed by atoms with van der Waals surface area (Å²) < 4.78 is 6.02. The zero-order valence-electron chi connectivity index (χ0n) is 8.85. The molecule has 0 heterocycles. The van der Waals surface area contributed by atoms with E-state index in [9.17, 15) is 0 Å². The standard InChI is InChI=1S/C7H7BrO.3CH2O.Cr/c1-9-7-4-2-6(8)3-5-7;3*1-2;/h2-5H,1H3;3*1H2;. The molecule has 0 bridgehead atoms. The Morgan fingerprint density at radius 3 is 1.50 bits per heavy atom. The molecule has 0 amide bonds. The monoisotopic (exact) mass is 328 g/mol. The molecule has 0 N–H and O–H groups in total. The molecule has 0 aliphatic carbocycles. The average molecular weight is 329 g/mol. The number of carbonyl (C=O) groups is 3. The van der Waals surface area contributed by atoms with E-state index in [1.54, 1.807) is 7.11 Å². The van der Waals surface area contributed by atoms with E-state index >= 15 is 0 Å². The fourth-order valence-corrected chi connectivity index (χ4v) is 0.835. The fraction of sp³-hybridized carbons (Fsp3) is 0.100. The Bertz CT molecular complexity index is 226. The molecule has 0 fully saturated rings. The third-order valence-electron chi connectivity index (χ3n) is 1.05. The zero-order chi connectivity index (χ0) is 12.7. The van der Waals surface area contributed by atoms with Crippen LogP contribution in [0.25, 0.3) is 0 Å². The summed E-state index contributed by atoms with van der Waals surface area (Å²) in [6, 6.07) is 7.70. The Kier molecular flexibility index (Phi) is 36.0. The molecular formula is C10H13BrCrO4. The Balaban J connectivity index is -0.0000000900. The third-order valence-corrected chi connectivity index (χ3v) is 1.58. The number of hydrogen-bond acceptors (Lipinski definition) is 4. The van der Waals surface area contributed by atoms with Crippen molar-refractivity contribution in [2.45, 2.75) is 0 Å². The summed E-state index contributed by atoms with van der Waals surface area (Å²) in [7, 11) is 1.66. The van der Waals surface area contributed by atoms with Crippen LogP contribution in [-0.4, -0.2) is 27.5 Å². The van der Waals surface area contributed by atoms with E-state index in [4.69, 9.17) is 19.1 Å². The maximum absolute atomic E-state index is 8.00. The van der Waals surface area contributed by atoms with Gasteiger partial charge in [0.25, 0.3) is 0 Å². The van der Waals surface area contributed by atoms with Gasteiger partial charge in [-0.25, -0.2) is 0 Å². The van der Waals surface area contributed by atoms with Crippen LogP contribution in [0.3, 0.4) is 0 Å². The Labute approximate surface area is 114 Å². The molecule has 4 nitrogen and oxygen atoms in total. The average Bonchev–Trinajstić information content (AvgIpc) is 2.38. The summed E-state index contributed by atoms with van der Waals surface area (Å²) in [4.78, 5) is 24.0. The summed E-state index contributed by atoms with van der Waals surface area (Å²) in [5.41, 5.74) is 0. The molecule has 0 spiro atoms. The molecule has 1 aromatic carbocycles. The maximum atomic E-state index is 8.00. The molecule has 0 saturated carbocycles. The first-order valence-corrected chi connectivity index (χ1v) is 4.28. The van der Waals surface area contributed by atoms with Gasteiger partial charge in [-0.2, -0.15) is 0 Å². The van der Waals surface area contributed by atoms with Crippen molar-refractivity contribution in [3.63, 3.8) is 0 Å². The van der Waals surface area contributed by atoms with Gasteiger partial charge in [-0.15, -0.1) is 0 Å². The molecule has 0 radical (unpaired) electrons. The van der Waals surface area contributed by atoms with Crippen LogP contribution in [0.2, 0.25) is 0 Å². The van der Waals surface area contributed by atoms with Gasteiger partial charge in [0, 0.05) is 21.8 Å². The van der Waals surface area contributed by atoms with Crippen molar-refractivity contribution in [2.75, 3.05) is 7.11 Å². The second kappa shape index (κ2) is 23.7. The molecule has 1 rings (SSSR count). The molecule has 0 aliphatic rings. The number of carbonyl (C=O) groups excluding carboxylic acids is 3. The first-order valence-electron chi connectivity index (χ1n) is 3.49. The molecule has 0 saturated heterocycles. The second-order valence-electron chi connectivity index (χ2n) is 1.66. The van der Waals surface area contributed by atoms with E-state index in [0.29, 0.717) is 0 Å². The molecule has 0 aliphatic heterocycles. The van der Waals surface area contributed by atoms with Crippen LogP contribution in [0.4, 0.5) is 0 Å². The topological polar surface area (TPSA) is 60.4 Å². The van der Waals surface area contributed by atoms with E-state index in [0.717, 1.165) is 10.2 Å². The van der Waals surface area contributed by atoms with E-state index in [1.807, 2.05) is 44.6 Å². The molecule has 16 heavy (non-hydrogen) atoms. The summed E-state index contributed by atoms with van der Waals surface area (Å²) in [5, 5.41) is 0. The normalized spacial score (nSPS) is 5.88. The molecular weight excluding hydrogens is 316 g/mol. The first kappa shape index (κ1) is 24.3. The number of benzene rings is 1. The van der Waals surface area contributed by atoms with Gasteiger partial charge in [0.2, 0.25) is 0 Å². The summed E-state index contributed by atoms with van der Waals surface area (Å²) in [6.45, 7) is 6.00. The van der Waals surface area contributed by atoms with Crippen LogP contribution >= 0.6 is 15.9 Å². The molecule has 0 atom stereocenters. The van der Waals surface area contributed by atoms with Gasteiger partial charge in [0.15, 0.2) is 0 Å². The van der Waals surface area contributed by atoms with Crippen molar-refractivity contribution in [3.05, 3.63) is 28.7 Å². The van der Waals surface area contributed by atoms with Crippen LogP contribution in [-0.2, 0) is 31.7 Å². The van der Waals surface area contributed by atoms with Crippen LogP contribution in [0.15, 0.2) is 28.7 Å². The molecule has 0 unspecified atom stereocenters. The van der Waals surface area contributed by atoms with Gasteiger partial charge in [-0.3, -0.25) is 0 Å². The van der Waals surface area contributed by atoms with Gasteiger partial charge in [0.1, 0.15) is 26.1 Å². The van der Waals surface area contributed by atoms with Crippen molar-refractivity contribution >= 4 is 36.3 Å². The predicted molar refractivity (Wildman–Crippen MR) is 62.1 cm³/mol. The fourth-order valence-electron chi connectivity index (χ4n) is 0.571. The summed E-state index contributed by atoms with van der Waals surface area (Å²) >= 11 is 3.32. The van der Waals surface area contributed by atoms with Crippen LogP contribution in [0, 0.1) is 0 Å². The largest absolute Gasteiger partial charge is 0.497 e. The molecule has 6 heteroatoms. The number of hydrogen-bond donors (Lipinski definition) is 0. The predicted octanol–water partition coefficient (Wildman–Crippen LogP) is 1.90. The van der Waals surface area contributed by atoms with Gasteiger partial charge in [-0.1, -0.05) is 15.9 Å². The molecule has 1 aromatic rings. The van der Waals surface area contributed by atoms with Crippen LogP contribution in [0.5, 0.6) is 5.75 Å². The quantitative estimate of drug-likeness (QED) is 0.790. The number of rotatable bonds is 1. The van der Waals surface area contributed by atoms with Gasteiger partial charge >= 0.3 is 0 Å². The smallest absolute Gasteiger partial charge is 0.118 e. The van der Waals surface area contributed by atoms with E-state index in [2.05, 4.69) is 15.9 Å². The molecule has 90 valence electrons. The van der Waals surface area contributed by atoms with E-state index in [-0.39, 0.29) is 17.4 Å². The molecule has 0 aromatic heterocycles. The van der Waals surface area contributed by atoms with Crippen molar-refractivity contribution in [1.82, 2.24) is 0 Å². The van der Waals surface area contributed by atoms with Crippen molar-refractivity contribution in [3.8, 4) is 5.75 Å². The van der Waals surface area contributed by atoms with Crippen molar-refractivity contribution in [2.24, 2.45) is 0 Å². The van der Waals surface area contributed by atoms with Gasteiger partial charge in [-0.05, 0) is 24.3 Å². The first-order chi connectivity index (χ1) is 7.33. The van der Waals surface area contributed by atoms with E-state index < -0.39 is 0 Å². The Morgan fingerprint density at radius 1 is 0.938 bits per heavy atom. The summed E-state index contributed by atoms with van der Waals surface area (Å²) in [6.07, 6.45) is 0. The Hall–Kier alpha value is -0.958. The minimum atomic E-state index is 0. The van der Waals surface area contributed by atoms with Crippen LogP contribution < -0.4 is 4.74 Å². The Morgan fingerprint density at radius 2 is 1.25 bits per heavy atom. The summed E-state index contributed by atoms with van der Waals surface area (Å²) in [5.74, 6) is 0.887. The van der Waals surface area contributed by atoms with E-state index in [1.165, 1.54) is 0 Å².